The van der Waals surface area contributed by atoms with Gasteiger partial charge in [-0.2, -0.15) is 0 Å². The minimum Gasteiger partial charge on any atom is -0.354 e. The summed E-state index contributed by atoms with van der Waals surface area (Å²) in [6.07, 6.45) is 4.25. The van der Waals surface area contributed by atoms with Gasteiger partial charge in [-0.15, -0.1) is 0 Å². The lowest BCUT2D eigenvalue weighted by molar-refractivity contribution is -0.135. The molecule has 0 aliphatic carbocycles. The fourth-order valence-corrected chi connectivity index (χ4v) is 4.83. The fraction of sp³-hybridized carbons (Fsp3) is 0.462. The van der Waals surface area contributed by atoms with Crippen LogP contribution in [-0.4, -0.2) is 54.3 Å². The monoisotopic (exact) mass is 437 g/mol. The first-order valence-electron chi connectivity index (χ1n) is 11.7. The zero-order valence-electron chi connectivity index (χ0n) is 18.5. The van der Waals surface area contributed by atoms with Crippen LogP contribution in [0.5, 0.6) is 0 Å². The summed E-state index contributed by atoms with van der Waals surface area (Å²) in [5.74, 6) is -0.465. The number of hydrogen-bond donors (Lipinski definition) is 1. The van der Waals surface area contributed by atoms with Crippen LogP contribution < -0.4 is 5.32 Å². The topological polar surface area (TPSA) is 52.7 Å². The van der Waals surface area contributed by atoms with E-state index in [0.717, 1.165) is 31.5 Å². The van der Waals surface area contributed by atoms with E-state index in [-0.39, 0.29) is 36.0 Å². The molecule has 4 rings (SSSR count). The molecule has 2 heterocycles. The zero-order valence-corrected chi connectivity index (χ0v) is 18.5. The van der Waals surface area contributed by atoms with Gasteiger partial charge in [0.2, 0.25) is 11.8 Å². The first-order chi connectivity index (χ1) is 15.6. The first kappa shape index (κ1) is 22.5. The fourth-order valence-electron chi connectivity index (χ4n) is 4.83. The molecule has 0 spiro atoms. The molecule has 2 aliphatic rings. The molecule has 0 saturated carbocycles. The van der Waals surface area contributed by atoms with Crippen LogP contribution in [0.3, 0.4) is 0 Å². The van der Waals surface area contributed by atoms with Crippen LogP contribution in [0.25, 0.3) is 0 Å². The van der Waals surface area contributed by atoms with Gasteiger partial charge in [-0.3, -0.25) is 14.5 Å². The molecule has 1 N–H and O–H groups in total. The van der Waals surface area contributed by atoms with E-state index in [4.69, 9.17) is 0 Å². The summed E-state index contributed by atoms with van der Waals surface area (Å²) < 4.78 is 13.1. The number of halogens is 1. The lowest BCUT2D eigenvalue weighted by Crippen LogP contribution is -2.47. The van der Waals surface area contributed by atoms with Gasteiger partial charge < -0.3 is 10.2 Å². The molecular formula is C26H32FN3O2. The van der Waals surface area contributed by atoms with Crippen LogP contribution in [0.2, 0.25) is 0 Å². The average Bonchev–Trinajstić information content (AvgIpc) is 3.36. The summed E-state index contributed by atoms with van der Waals surface area (Å²) in [6, 6.07) is 16.6. The first-order valence-corrected chi connectivity index (χ1v) is 11.7. The molecule has 6 heteroatoms. The largest absolute Gasteiger partial charge is 0.354 e. The molecule has 0 radical (unpaired) electrons. The van der Waals surface area contributed by atoms with Crippen LogP contribution in [0.4, 0.5) is 4.39 Å². The Balaban J connectivity index is 1.33. The Labute approximate surface area is 189 Å². The smallest absolute Gasteiger partial charge is 0.227 e. The number of nitrogens with zero attached hydrogens (tertiary/aromatic N) is 2. The highest BCUT2D eigenvalue weighted by atomic mass is 19.1. The molecule has 2 aromatic carbocycles. The lowest BCUT2D eigenvalue weighted by Gasteiger charge is -2.33. The second-order valence-electron chi connectivity index (χ2n) is 8.90. The van der Waals surface area contributed by atoms with E-state index in [0.29, 0.717) is 19.6 Å². The number of rotatable bonds is 7. The van der Waals surface area contributed by atoms with Gasteiger partial charge in [-0.1, -0.05) is 42.5 Å². The van der Waals surface area contributed by atoms with E-state index in [2.05, 4.69) is 22.3 Å². The minimum absolute atomic E-state index is 0.00617. The predicted octanol–water partition coefficient (Wildman–Crippen LogP) is 3.56. The Kier molecular flexibility index (Phi) is 7.53. The summed E-state index contributed by atoms with van der Waals surface area (Å²) in [4.78, 5) is 30.0. The van der Waals surface area contributed by atoms with E-state index in [1.807, 2.05) is 18.2 Å². The molecule has 0 aromatic heterocycles. The molecule has 2 atom stereocenters. The van der Waals surface area contributed by atoms with Crippen molar-refractivity contribution >= 4 is 11.8 Å². The molecule has 2 amide bonds. The number of nitrogens with one attached hydrogen (secondary N) is 1. The zero-order chi connectivity index (χ0) is 22.3. The SMILES string of the molecule is O=C(NCC(c1ccccc1)N1CCCC1)C1CCCN(C(=O)Cc2ccc(F)cc2)C1. The summed E-state index contributed by atoms with van der Waals surface area (Å²) in [5.41, 5.74) is 2.02. The molecule has 32 heavy (non-hydrogen) atoms. The molecule has 2 aromatic rings. The van der Waals surface area contributed by atoms with Gasteiger partial charge in [0.15, 0.2) is 0 Å². The second-order valence-corrected chi connectivity index (χ2v) is 8.90. The van der Waals surface area contributed by atoms with Gasteiger partial charge in [-0.25, -0.2) is 4.39 Å². The molecule has 2 saturated heterocycles. The van der Waals surface area contributed by atoms with Crippen molar-refractivity contribution in [2.45, 2.75) is 38.1 Å². The van der Waals surface area contributed by atoms with Gasteiger partial charge in [-0.05, 0) is 62.0 Å². The highest BCUT2D eigenvalue weighted by Crippen LogP contribution is 2.25. The maximum Gasteiger partial charge on any atom is 0.227 e. The number of carbonyl (C=O) groups excluding carboxylic acids is 2. The normalized spacial score (nSPS) is 20.2. The van der Waals surface area contributed by atoms with E-state index >= 15 is 0 Å². The quantitative estimate of drug-likeness (QED) is 0.721. The number of carbonyl (C=O) groups is 2. The molecular weight excluding hydrogens is 405 g/mol. The number of amides is 2. The highest BCUT2D eigenvalue weighted by molar-refractivity contribution is 5.82. The van der Waals surface area contributed by atoms with Crippen molar-refractivity contribution in [3.63, 3.8) is 0 Å². The van der Waals surface area contributed by atoms with E-state index < -0.39 is 0 Å². The third-order valence-corrected chi connectivity index (χ3v) is 6.65. The van der Waals surface area contributed by atoms with Crippen molar-refractivity contribution < 1.29 is 14.0 Å². The standard InChI is InChI=1S/C26H32FN3O2/c27-23-12-10-20(11-13-23)17-25(31)30-16-6-9-22(19-30)26(32)28-18-24(29-14-4-5-15-29)21-7-2-1-3-8-21/h1-3,7-8,10-13,22,24H,4-6,9,14-19H2,(H,28,32). The Hall–Kier alpha value is -2.73. The molecule has 2 unspecified atom stereocenters. The van der Waals surface area contributed by atoms with Crippen LogP contribution >= 0.6 is 0 Å². The van der Waals surface area contributed by atoms with Gasteiger partial charge >= 0.3 is 0 Å². The van der Waals surface area contributed by atoms with Crippen molar-refractivity contribution in [3.05, 3.63) is 71.5 Å². The Morgan fingerprint density at radius 1 is 0.969 bits per heavy atom. The molecule has 0 bridgehead atoms. The number of hydrogen-bond acceptors (Lipinski definition) is 3. The van der Waals surface area contributed by atoms with Crippen molar-refractivity contribution in [3.8, 4) is 0 Å². The van der Waals surface area contributed by atoms with Crippen LogP contribution in [0.15, 0.2) is 54.6 Å². The Bertz CT molecular complexity index is 897. The summed E-state index contributed by atoms with van der Waals surface area (Å²) >= 11 is 0. The van der Waals surface area contributed by atoms with Crippen molar-refractivity contribution in [2.24, 2.45) is 5.92 Å². The third-order valence-electron chi connectivity index (χ3n) is 6.65. The van der Waals surface area contributed by atoms with Crippen LogP contribution in [0, 0.1) is 11.7 Å². The molecule has 2 fully saturated rings. The Morgan fingerprint density at radius 3 is 2.41 bits per heavy atom. The minimum atomic E-state index is -0.307. The number of piperidine rings is 1. The van der Waals surface area contributed by atoms with Crippen molar-refractivity contribution in [1.29, 1.82) is 0 Å². The van der Waals surface area contributed by atoms with E-state index in [1.165, 1.54) is 30.5 Å². The van der Waals surface area contributed by atoms with Crippen molar-refractivity contribution in [2.75, 3.05) is 32.7 Å². The van der Waals surface area contributed by atoms with Crippen molar-refractivity contribution in [1.82, 2.24) is 15.1 Å². The summed E-state index contributed by atoms with van der Waals surface area (Å²) in [5, 5.41) is 3.18. The second kappa shape index (κ2) is 10.7. The predicted molar refractivity (Wildman–Crippen MR) is 122 cm³/mol. The summed E-state index contributed by atoms with van der Waals surface area (Å²) in [6.45, 7) is 3.83. The summed E-state index contributed by atoms with van der Waals surface area (Å²) in [7, 11) is 0. The van der Waals surface area contributed by atoms with Gasteiger partial charge in [0, 0.05) is 19.6 Å². The van der Waals surface area contributed by atoms with Crippen LogP contribution in [0.1, 0.15) is 42.9 Å². The Morgan fingerprint density at radius 2 is 1.69 bits per heavy atom. The molecule has 170 valence electrons. The maximum absolute atomic E-state index is 13.1. The van der Waals surface area contributed by atoms with Gasteiger partial charge in [0.25, 0.3) is 0 Å². The van der Waals surface area contributed by atoms with Gasteiger partial charge in [0.1, 0.15) is 5.82 Å². The van der Waals surface area contributed by atoms with E-state index in [1.54, 1.807) is 17.0 Å². The number of likely N-dealkylation sites (tertiary alicyclic amines) is 2. The van der Waals surface area contributed by atoms with Crippen LogP contribution in [-0.2, 0) is 16.0 Å². The third kappa shape index (κ3) is 5.74. The highest BCUT2D eigenvalue weighted by Gasteiger charge is 2.30. The van der Waals surface area contributed by atoms with Gasteiger partial charge in [0.05, 0.1) is 18.4 Å². The van der Waals surface area contributed by atoms with E-state index in [9.17, 15) is 14.0 Å². The maximum atomic E-state index is 13.1. The molecule has 5 nitrogen and oxygen atoms in total. The number of benzene rings is 2. The lowest BCUT2D eigenvalue weighted by atomic mass is 9.96. The average molecular weight is 438 g/mol. The molecule has 2 aliphatic heterocycles.